The molecule has 3 rings (SSSR count). The van der Waals surface area contributed by atoms with Crippen molar-refractivity contribution < 1.29 is 4.21 Å². The van der Waals surface area contributed by atoms with Gasteiger partial charge < -0.3 is 4.90 Å². The predicted molar refractivity (Wildman–Crippen MR) is 110 cm³/mol. The molecule has 1 saturated heterocycles. The van der Waals surface area contributed by atoms with E-state index in [-0.39, 0.29) is 0 Å². The molecule has 26 heavy (non-hydrogen) atoms. The van der Waals surface area contributed by atoms with Crippen molar-refractivity contribution in [3.05, 3.63) is 24.4 Å². The maximum Gasteiger partial charge on any atom is 0.128 e. The van der Waals surface area contributed by atoms with Crippen LogP contribution < -0.4 is 9.62 Å². The Morgan fingerprint density at radius 1 is 1.08 bits per heavy atom. The van der Waals surface area contributed by atoms with E-state index in [9.17, 15) is 4.21 Å². The van der Waals surface area contributed by atoms with Gasteiger partial charge in [0.2, 0.25) is 0 Å². The van der Waals surface area contributed by atoms with Crippen LogP contribution in [0.1, 0.15) is 44.9 Å². The SMILES string of the molecule is O=S(CC1CCCCC1)NCCCCN1CCN(c2ccccn2)CC1. The molecule has 146 valence electrons. The second-order valence-corrected chi connectivity index (χ2v) is 8.95. The Morgan fingerprint density at radius 3 is 2.62 bits per heavy atom. The molecular formula is C20H34N4OS. The summed E-state index contributed by atoms with van der Waals surface area (Å²) in [5.74, 6) is 2.64. The van der Waals surface area contributed by atoms with Crippen molar-refractivity contribution in [2.45, 2.75) is 44.9 Å². The fourth-order valence-electron chi connectivity index (χ4n) is 4.01. The van der Waals surface area contributed by atoms with E-state index in [4.69, 9.17) is 0 Å². The molecule has 1 aliphatic carbocycles. The number of unbranched alkanes of at least 4 members (excludes halogenated alkanes) is 1. The molecule has 0 aromatic carbocycles. The molecule has 0 spiro atoms. The first-order valence-electron chi connectivity index (χ1n) is 10.3. The van der Waals surface area contributed by atoms with E-state index in [0.717, 1.165) is 57.3 Å². The lowest BCUT2D eigenvalue weighted by Crippen LogP contribution is -2.47. The lowest BCUT2D eigenvalue weighted by molar-refractivity contribution is 0.252. The normalized spacial score (nSPS) is 21.0. The minimum Gasteiger partial charge on any atom is -0.354 e. The third-order valence-corrected chi connectivity index (χ3v) is 6.92. The molecule has 1 unspecified atom stereocenters. The highest BCUT2D eigenvalue weighted by molar-refractivity contribution is 7.83. The Hall–Kier alpha value is -0.980. The molecule has 0 bridgehead atoms. The Balaban J connectivity index is 1.22. The lowest BCUT2D eigenvalue weighted by Gasteiger charge is -2.35. The third-order valence-electron chi connectivity index (χ3n) is 5.62. The highest BCUT2D eigenvalue weighted by Crippen LogP contribution is 2.23. The smallest absolute Gasteiger partial charge is 0.128 e. The van der Waals surface area contributed by atoms with Crippen LogP contribution in [0.2, 0.25) is 0 Å². The van der Waals surface area contributed by atoms with E-state index >= 15 is 0 Å². The number of piperazine rings is 1. The van der Waals surface area contributed by atoms with Crippen molar-refractivity contribution in [2.75, 3.05) is 49.9 Å². The molecule has 1 N–H and O–H groups in total. The number of pyridine rings is 1. The molecule has 5 nitrogen and oxygen atoms in total. The molecule has 0 amide bonds. The summed E-state index contributed by atoms with van der Waals surface area (Å²) in [4.78, 5) is 9.35. The second kappa shape index (κ2) is 11.0. The minimum absolute atomic E-state index is 0.687. The average molecular weight is 379 g/mol. The molecule has 1 atom stereocenters. The van der Waals surface area contributed by atoms with E-state index in [0.29, 0.717) is 5.92 Å². The van der Waals surface area contributed by atoms with Gasteiger partial charge in [-0.15, -0.1) is 0 Å². The van der Waals surface area contributed by atoms with Gasteiger partial charge in [-0.05, 0) is 50.3 Å². The van der Waals surface area contributed by atoms with Crippen molar-refractivity contribution in [2.24, 2.45) is 5.92 Å². The second-order valence-electron chi connectivity index (χ2n) is 7.63. The van der Waals surface area contributed by atoms with Gasteiger partial charge in [-0.1, -0.05) is 25.3 Å². The number of nitrogens with zero attached hydrogens (tertiary/aromatic N) is 3. The van der Waals surface area contributed by atoms with E-state index in [1.807, 2.05) is 12.3 Å². The minimum atomic E-state index is -0.829. The predicted octanol–water partition coefficient (Wildman–Crippen LogP) is 2.82. The molecule has 2 aliphatic rings. The molecule has 2 fully saturated rings. The van der Waals surface area contributed by atoms with Gasteiger partial charge in [0.1, 0.15) is 5.82 Å². The number of nitrogens with one attached hydrogen (secondary N) is 1. The van der Waals surface area contributed by atoms with Crippen LogP contribution in [-0.2, 0) is 11.0 Å². The number of rotatable bonds is 9. The van der Waals surface area contributed by atoms with Gasteiger partial charge >= 0.3 is 0 Å². The molecule has 1 aliphatic heterocycles. The zero-order chi connectivity index (χ0) is 18.0. The van der Waals surface area contributed by atoms with Crippen molar-refractivity contribution in [1.29, 1.82) is 0 Å². The van der Waals surface area contributed by atoms with Gasteiger partial charge in [-0.2, -0.15) is 0 Å². The molecule has 1 saturated carbocycles. The van der Waals surface area contributed by atoms with Crippen LogP contribution >= 0.6 is 0 Å². The number of aromatic nitrogens is 1. The highest BCUT2D eigenvalue weighted by Gasteiger charge is 2.18. The maximum atomic E-state index is 12.1. The third kappa shape index (κ3) is 6.63. The van der Waals surface area contributed by atoms with Crippen LogP contribution in [0.25, 0.3) is 0 Å². The Kier molecular flexibility index (Phi) is 8.36. The zero-order valence-corrected chi connectivity index (χ0v) is 16.8. The topological polar surface area (TPSA) is 48.5 Å². The van der Waals surface area contributed by atoms with Crippen LogP contribution in [0.4, 0.5) is 5.82 Å². The van der Waals surface area contributed by atoms with E-state index in [1.54, 1.807) is 0 Å². The van der Waals surface area contributed by atoms with Crippen LogP contribution in [-0.4, -0.2) is 59.1 Å². The summed E-state index contributed by atoms with van der Waals surface area (Å²) < 4.78 is 15.4. The molecule has 0 radical (unpaired) electrons. The summed E-state index contributed by atoms with van der Waals surface area (Å²) >= 11 is 0. The molecule has 6 heteroatoms. The van der Waals surface area contributed by atoms with Gasteiger partial charge in [-0.25, -0.2) is 13.9 Å². The summed E-state index contributed by atoms with van der Waals surface area (Å²) in [7, 11) is -0.829. The van der Waals surface area contributed by atoms with Gasteiger partial charge in [0.05, 0.1) is 11.0 Å². The summed E-state index contributed by atoms with van der Waals surface area (Å²) in [6.45, 7) is 6.36. The first-order valence-corrected chi connectivity index (χ1v) is 11.6. The average Bonchev–Trinajstić information content (AvgIpc) is 2.70. The molecule has 2 heterocycles. The van der Waals surface area contributed by atoms with Crippen molar-refractivity contribution in [1.82, 2.24) is 14.6 Å². The maximum absolute atomic E-state index is 12.1. The first-order chi connectivity index (χ1) is 12.8. The Bertz CT molecular complexity index is 528. The van der Waals surface area contributed by atoms with Gasteiger partial charge in [0.25, 0.3) is 0 Å². The van der Waals surface area contributed by atoms with Gasteiger partial charge in [0.15, 0.2) is 0 Å². The largest absolute Gasteiger partial charge is 0.354 e. The fraction of sp³-hybridized carbons (Fsp3) is 0.750. The Labute approximate surface area is 161 Å². The summed E-state index contributed by atoms with van der Waals surface area (Å²) in [6, 6.07) is 6.12. The molecule has 1 aromatic rings. The standard InChI is InChI=1S/C20H34N4OS/c25-26(18-19-8-2-1-3-9-19)22-12-6-7-13-23-14-16-24(17-15-23)20-10-4-5-11-21-20/h4-5,10-11,19,22H,1-3,6-9,12-18H2. The van der Waals surface area contributed by atoms with E-state index < -0.39 is 11.0 Å². The van der Waals surface area contributed by atoms with Crippen LogP contribution in [0, 0.1) is 5.92 Å². The van der Waals surface area contributed by atoms with Crippen LogP contribution in [0.3, 0.4) is 0 Å². The van der Waals surface area contributed by atoms with Crippen molar-refractivity contribution >= 4 is 16.8 Å². The number of hydrogen-bond donors (Lipinski definition) is 1. The van der Waals surface area contributed by atoms with E-state index in [1.165, 1.54) is 38.5 Å². The zero-order valence-electron chi connectivity index (χ0n) is 15.9. The highest BCUT2D eigenvalue weighted by atomic mass is 32.2. The summed E-state index contributed by atoms with van der Waals surface area (Å²) in [5, 5.41) is 0. The summed E-state index contributed by atoms with van der Waals surface area (Å²) in [5.41, 5.74) is 0. The Morgan fingerprint density at radius 2 is 1.88 bits per heavy atom. The number of anilines is 1. The molecular weight excluding hydrogens is 344 g/mol. The van der Waals surface area contributed by atoms with Crippen molar-refractivity contribution in [3.8, 4) is 0 Å². The lowest BCUT2D eigenvalue weighted by atomic mass is 9.91. The van der Waals surface area contributed by atoms with Crippen molar-refractivity contribution in [3.63, 3.8) is 0 Å². The number of hydrogen-bond acceptors (Lipinski definition) is 4. The first kappa shape index (κ1) is 19.8. The monoisotopic (exact) mass is 378 g/mol. The van der Waals surface area contributed by atoms with Crippen LogP contribution in [0.5, 0.6) is 0 Å². The summed E-state index contributed by atoms with van der Waals surface area (Å²) in [6.07, 6.45) is 10.7. The fourth-order valence-corrected chi connectivity index (χ4v) is 5.27. The van der Waals surface area contributed by atoms with Crippen LogP contribution in [0.15, 0.2) is 24.4 Å². The van der Waals surface area contributed by atoms with E-state index in [2.05, 4.69) is 31.6 Å². The molecule has 1 aromatic heterocycles. The van der Waals surface area contributed by atoms with Gasteiger partial charge in [-0.3, -0.25) is 4.90 Å². The quantitative estimate of drug-likeness (QED) is 0.671. The van der Waals surface area contributed by atoms with Gasteiger partial charge in [0, 0.05) is 44.7 Å².